The molecule has 0 saturated heterocycles. The van der Waals surface area contributed by atoms with E-state index in [1.54, 1.807) is 0 Å². The highest BCUT2D eigenvalue weighted by Crippen LogP contribution is 2.42. The summed E-state index contributed by atoms with van der Waals surface area (Å²) in [4.78, 5) is 10.0. The van der Waals surface area contributed by atoms with Crippen molar-refractivity contribution in [2.75, 3.05) is 0 Å². The Morgan fingerprint density at radius 3 is 1.46 bits per heavy atom. The molecule has 0 amide bonds. The van der Waals surface area contributed by atoms with Crippen LogP contribution >= 0.6 is 0 Å². The molecule has 224 valence electrons. The second kappa shape index (κ2) is 10.5. The van der Waals surface area contributed by atoms with E-state index in [1.165, 1.54) is 43.6 Å². The van der Waals surface area contributed by atoms with Gasteiger partial charge in [0, 0.05) is 49.4 Å². The predicted octanol–water partition coefficient (Wildman–Crippen LogP) is 11.2. The van der Waals surface area contributed by atoms with Crippen LogP contribution in [-0.4, -0.2) is 19.1 Å². The van der Waals surface area contributed by atoms with E-state index >= 15 is 0 Å². The van der Waals surface area contributed by atoms with Crippen LogP contribution in [0, 0.1) is 0 Å². The lowest BCUT2D eigenvalue weighted by atomic mass is 10.0. The van der Waals surface area contributed by atoms with Gasteiger partial charge in [0.2, 0.25) is 0 Å². The summed E-state index contributed by atoms with van der Waals surface area (Å²) < 4.78 is 4.86. The Balaban J connectivity index is 1.24. The quantitative estimate of drug-likeness (QED) is 0.198. The molecule has 0 N–H and O–H groups in total. The largest absolute Gasteiger partial charge is 0.307 e. The van der Waals surface area contributed by atoms with Gasteiger partial charge >= 0.3 is 0 Å². The highest BCUT2D eigenvalue weighted by Gasteiger charge is 2.21. The molecule has 0 aliphatic carbocycles. The molecular weight excluding hydrogens is 585 g/mol. The van der Waals surface area contributed by atoms with Gasteiger partial charge in [0.05, 0.1) is 33.3 Å². The Morgan fingerprint density at radius 2 is 0.833 bits per heavy atom. The van der Waals surface area contributed by atoms with Gasteiger partial charge in [-0.2, -0.15) is 0 Å². The molecule has 0 atom stereocenters. The van der Waals surface area contributed by atoms with Gasteiger partial charge < -0.3 is 9.13 Å². The summed E-state index contributed by atoms with van der Waals surface area (Å²) in [6.45, 7) is 0. The van der Waals surface area contributed by atoms with Crippen molar-refractivity contribution in [3.63, 3.8) is 0 Å². The minimum absolute atomic E-state index is 0.729. The minimum Gasteiger partial charge on any atom is -0.307 e. The van der Waals surface area contributed by atoms with E-state index in [2.05, 4.69) is 155 Å². The van der Waals surface area contributed by atoms with E-state index < -0.39 is 0 Å². The summed E-state index contributed by atoms with van der Waals surface area (Å²) in [7, 11) is 0. The molecule has 10 aromatic rings. The van der Waals surface area contributed by atoms with Crippen molar-refractivity contribution >= 4 is 54.5 Å². The smallest absolute Gasteiger partial charge is 0.160 e. The fourth-order valence-electron chi connectivity index (χ4n) is 7.40. The van der Waals surface area contributed by atoms with Crippen LogP contribution in [0.2, 0.25) is 0 Å². The number of para-hydroxylation sites is 4. The molecule has 4 heteroatoms. The first-order valence-electron chi connectivity index (χ1n) is 16.3. The molecule has 4 nitrogen and oxygen atoms in total. The average Bonchev–Trinajstić information content (AvgIpc) is 3.68. The van der Waals surface area contributed by atoms with Crippen molar-refractivity contribution < 1.29 is 0 Å². The van der Waals surface area contributed by atoms with Crippen molar-refractivity contribution in [2.45, 2.75) is 0 Å². The fourth-order valence-corrected chi connectivity index (χ4v) is 7.40. The number of hydrogen-bond donors (Lipinski definition) is 0. The van der Waals surface area contributed by atoms with Crippen molar-refractivity contribution in [1.29, 1.82) is 0 Å². The monoisotopic (exact) mass is 612 g/mol. The molecule has 0 aliphatic rings. The molecule has 0 bridgehead atoms. The summed E-state index contributed by atoms with van der Waals surface area (Å²) in [5.74, 6) is 0.729. The van der Waals surface area contributed by atoms with E-state index in [1.807, 2.05) is 24.3 Å². The Kier molecular flexibility index (Phi) is 5.84. The maximum Gasteiger partial charge on any atom is 0.160 e. The van der Waals surface area contributed by atoms with E-state index in [4.69, 9.17) is 9.97 Å². The molecule has 0 unspecified atom stereocenters. The Morgan fingerprint density at radius 1 is 0.333 bits per heavy atom. The first-order chi connectivity index (χ1) is 23.8. The first-order valence-corrected chi connectivity index (χ1v) is 16.3. The van der Waals surface area contributed by atoms with Gasteiger partial charge in [-0.3, -0.25) is 0 Å². The maximum absolute atomic E-state index is 5.12. The van der Waals surface area contributed by atoms with Gasteiger partial charge in [0.1, 0.15) is 0 Å². The van der Waals surface area contributed by atoms with Crippen LogP contribution in [0.25, 0.3) is 88.5 Å². The molecule has 0 aliphatic heterocycles. The van der Waals surface area contributed by atoms with Crippen molar-refractivity contribution in [1.82, 2.24) is 19.1 Å². The summed E-state index contributed by atoms with van der Waals surface area (Å²) in [6.07, 6.45) is 0. The van der Waals surface area contributed by atoms with Crippen LogP contribution in [0.15, 0.2) is 170 Å². The number of benzene rings is 7. The molecule has 7 aromatic carbocycles. The molecule has 48 heavy (non-hydrogen) atoms. The second-order valence-corrected chi connectivity index (χ2v) is 12.2. The molecule has 0 saturated carbocycles. The highest BCUT2D eigenvalue weighted by molar-refractivity contribution is 6.23. The Bertz CT molecular complexity index is 2810. The number of hydrogen-bond acceptors (Lipinski definition) is 2. The van der Waals surface area contributed by atoms with E-state index in [9.17, 15) is 0 Å². The van der Waals surface area contributed by atoms with Gasteiger partial charge in [0.25, 0.3) is 0 Å². The van der Waals surface area contributed by atoms with E-state index in [0.29, 0.717) is 0 Å². The first kappa shape index (κ1) is 26.7. The Labute approximate surface area is 276 Å². The summed E-state index contributed by atoms with van der Waals surface area (Å²) in [5, 5.41) is 5.99. The van der Waals surface area contributed by atoms with Crippen LogP contribution in [0.1, 0.15) is 0 Å². The standard InChI is InChI=1S/C44H28N4/c1-3-13-30(14-4-1)44-45-38-20-10-7-19-37(38)41(46-44)29-23-25-32(26-24-29)48-40-22-12-9-18-34(40)36-28-27-35-33-17-8-11-21-39(33)47(42(35)43(36)48)31-15-5-2-6-16-31/h1-28H. The maximum atomic E-state index is 5.12. The average molecular weight is 613 g/mol. The van der Waals surface area contributed by atoms with Crippen LogP contribution in [0.3, 0.4) is 0 Å². The lowest BCUT2D eigenvalue weighted by Gasteiger charge is -2.13. The second-order valence-electron chi connectivity index (χ2n) is 12.2. The minimum atomic E-state index is 0.729. The summed E-state index contributed by atoms with van der Waals surface area (Å²) in [5.41, 5.74) is 10.9. The van der Waals surface area contributed by atoms with Gasteiger partial charge in [-0.1, -0.05) is 127 Å². The molecule has 10 rings (SSSR count). The van der Waals surface area contributed by atoms with Gasteiger partial charge in [-0.25, -0.2) is 9.97 Å². The number of aromatic nitrogens is 4. The predicted molar refractivity (Wildman–Crippen MR) is 199 cm³/mol. The number of nitrogens with zero attached hydrogens (tertiary/aromatic N) is 4. The van der Waals surface area contributed by atoms with Crippen molar-refractivity contribution in [3.8, 4) is 34.0 Å². The zero-order valence-corrected chi connectivity index (χ0v) is 26.0. The highest BCUT2D eigenvalue weighted by atomic mass is 15.0. The molecule has 0 radical (unpaired) electrons. The third-order valence-corrected chi connectivity index (χ3v) is 9.52. The van der Waals surface area contributed by atoms with Gasteiger partial charge in [-0.05, 0) is 42.5 Å². The van der Waals surface area contributed by atoms with Crippen LogP contribution in [0.5, 0.6) is 0 Å². The summed E-state index contributed by atoms with van der Waals surface area (Å²) in [6, 6.07) is 60.1. The van der Waals surface area contributed by atoms with E-state index in [0.717, 1.165) is 44.9 Å². The lowest BCUT2D eigenvalue weighted by Crippen LogP contribution is -1.99. The zero-order valence-electron chi connectivity index (χ0n) is 26.0. The third kappa shape index (κ3) is 3.96. The molecule has 3 aromatic heterocycles. The van der Waals surface area contributed by atoms with Crippen molar-refractivity contribution in [3.05, 3.63) is 170 Å². The lowest BCUT2D eigenvalue weighted by molar-refractivity contribution is 1.15. The normalized spacial score (nSPS) is 11.8. The third-order valence-electron chi connectivity index (χ3n) is 9.52. The van der Waals surface area contributed by atoms with Crippen LogP contribution < -0.4 is 0 Å². The van der Waals surface area contributed by atoms with Gasteiger partial charge in [0.15, 0.2) is 5.82 Å². The van der Waals surface area contributed by atoms with Crippen molar-refractivity contribution in [2.24, 2.45) is 0 Å². The topological polar surface area (TPSA) is 35.6 Å². The van der Waals surface area contributed by atoms with Crippen LogP contribution in [-0.2, 0) is 0 Å². The zero-order chi connectivity index (χ0) is 31.6. The molecule has 0 spiro atoms. The molecular formula is C44H28N4. The van der Waals surface area contributed by atoms with Crippen LogP contribution in [0.4, 0.5) is 0 Å². The van der Waals surface area contributed by atoms with Gasteiger partial charge in [-0.15, -0.1) is 0 Å². The Hall–Kier alpha value is -6.52. The molecule has 0 fully saturated rings. The van der Waals surface area contributed by atoms with E-state index in [-0.39, 0.29) is 0 Å². The number of fused-ring (bicyclic) bond motifs is 8. The fraction of sp³-hybridized carbons (Fsp3) is 0. The SMILES string of the molecule is c1ccc(-c2nc(-c3ccc(-n4c5ccccc5c5ccc6c7ccccc7n(-c7ccccc7)c6c54)cc3)c3ccccc3n2)cc1. The number of rotatable bonds is 4. The molecule has 3 heterocycles. The summed E-state index contributed by atoms with van der Waals surface area (Å²) >= 11 is 0.